The Morgan fingerprint density at radius 3 is 2.67 bits per heavy atom. The zero-order valence-corrected chi connectivity index (χ0v) is 13.5. The minimum absolute atomic E-state index is 0. The molecule has 1 aliphatic carbocycles. The highest BCUT2D eigenvalue weighted by molar-refractivity contribution is 7.12. The van der Waals surface area contributed by atoms with Crippen LogP contribution in [0.5, 0.6) is 0 Å². The average Bonchev–Trinajstić information content (AvgIpc) is 3.08. The number of carbonyl (C=O) groups is 2. The van der Waals surface area contributed by atoms with Crippen LogP contribution in [-0.4, -0.2) is 30.9 Å². The molecule has 7 heteroatoms. The lowest BCUT2D eigenvalue weighted by Crippen LogP contribution is -2.33. The highest BCUT2D eigenvalue weighted by Gasteiger charge is 2.27. The van der Waals surface area contributed by atoms with Crippen LogP contribution in [0.15, 0.2) is 17.5 Å². The molecule has 4 N–H and O–H groups in total. The summed E-state index contributed by atoms with van der Waals surface area (Å²) in [7, 11) is 0. The van der Waals surface area contributed by atoms with Crippen LogP contribution >= 0.6 is 23.7 Å². The Bertz CT molecular complexity index is 453. The topological polar surface area (TPSA) is 84.2 Å². The predicted octanol–water partition coefficient (Wildman–Crippen LogP) is 1.53. The monoisotopic (exact) mass is 331 g/mol. The van der Waals surface area contributed by atoms with E-state index < -0.39 is 0 Å². The van der Waals surface area contributed by atoms with Crippen LogP contribution in [0.2, 0.25) is 0 Å². The number of halogens is 1. The van der Waals surface area contributed by atoms with Crippen molar-refractivity contribution in [3.63, 3.8) is 0 Å². The van der Waals surface area contributed by atoms with Gasteiger partial charge >= 0.3 is 0 Å². The maximum atomic E-state index is 11.8. The van der Waals surface area contributed by atoms with Gasteiger partial charge in [-0.25, -0.2) is 0 Å². The Balaban J connectivity index is 0.00000220. The molecule has 0 aromatic carbocycles. The maximum Gasteiger partial charge on any atom is 0.261 e. The first kappa shape index (κ1) is 17.9. The van der Waals surface area contributed by atoms with E-state index in [1.165, 1.54) is 11.3 Å². The molecule has 1 aromatic heterocycles. The van der Waals surface area contributed by atoms with E-state index >= 15 is 0 Å². The summed E-state index contributed by atoms with van der Waals surface area (Å²) in [6, 6.07) is 3.83. The van der Waals surface area contributed by atoms with Gasteiger partial charge in [0, 0.05) is 25.0 Å². The van der Waals surface area contributed by atoms with Crippen molar-refractivity contribution in [3.8, 4) is 0 Å². The zero-order chi connectivity index (χ0) is 14.4. The number of nitrogens with two attached hydrogens (primary N) is 1. The number of rotatable bonds is 6. The smallest absolute Gasteiger partial charge is 0.261 e. The van der Waals surface area contributed by atoms with E-state index in [4.69, 9.17) is 5.73 Å². The number of nitrogens with one attached hydrogen (secondary N) is 2. The highest BCUT2D eigenvalue weighted by Crippen LogP contribution is 2.23. The van der Waals surface area contributed by atoms with Gasteiger partial charge in [0.15, 0.2) is 0 Å². The molecule has 1 saturated carbocycles. The van der Waals surface area contributed by atoms with Crippen molar-refractivity contribution in [1.29, 1.82) is 0 Å². The van der Waals surface area contributed by atoms with Gasteiger partial charge in [0.1, 0.15) is 0 Å². The molecule has 0 radical (unpaired) electrons. The number of hydrogen-bond donors (Lipinski definition) is 3. The molecule has 21 heavy (non-hydrogen) atoms. The molecule has 0 bridgehead atoms. The normalized spacial score (nSPS) is 20.6. The van der Waals surface area contributed by atoms with E-state index in [0.717, 1.165) is 25.7 Å². The Hall–Kier alpha value is -1.11. The molecular formula is C14H22ClN3O2S. The molecule has 1 fully saturated rings. The lowest BCUT2D eigenvalue weighted by atomic mass is 10.1. The number of carbonyl (C=O) groups excluding carboxylic acids is 2. The lowest BCUT2D eigenvalue weighted by molar-refractivity contribution is -0.124. The minimum Gasteiger partial charge on any atom is -0.356 e. The van der Waals surface area contributed by atoms with Crippen LogP contribution in [0.1, 0.15) is 35.4 Å². The summed E-state index contributed by atoms with van der Waals surface area (Å²) in [5.41, 5.74) is 5.79. The van der Waals surface area contributed by atoms with Crippen molar-refractivity contribution < 1.29 is 9.59 Å². The highest BCUT2D eigenvalue weighted by atomic mass is 35.5. The summed E-state index contributed by atoms with van der Waals surface area (Å²) in [5, 5.41) is 7.62. The van der Waals surface area contributed by atoms with E-state index in [-0.39, 0.29) is 36.2 Å². The third-order valence-electron chi connectivity index (χ3n) is 3.53. The molecule has 1 aliphatic rings. The fraction of sp³-hybridized carbons (Fsp3) is 0.571. The fourth-order valence-electron chi connectivity index (χ4n) is 2.40. The van der Waals surface area contributed by atoms with Crippen LogP contribution in [0, 0.1) is 5.92 Å². The number of thiophene rings is 1. The summed E-state index contributed by atoms with van der Waals surface area (Å²) in [6.45, 7) is 1.16. The van der Waals surface area contributed by atoms with E-state index in [0.29, 0.717) is 18.0 Å². The van der Waals surface area contributed by atoms with Crippen LogP contribution < -0.4 is 16.4 Å². The van der Waals surface area contributed by atoms with Crippen molar-refractivity contribution in [3.05, 3.63) is 22.4 Å². The number of hydrogen-bond acceptors (Lipinski definition) is 4. The maximum absolute atomic E-state index is 11.8. The first-order valence-electron chi connectivity index (χ1n) is 7.02. The van der Waals surface area contributed by atoms with Gasteiger partial charge < -0.3 is 16.4 Å². The van der Waals surface area contributed by atoms with Gasteiger partial charge in [-0.05, 0) is 37.1 Å². The van der Waals surface area contributed by atoms with E-state index in [1.807, 2.05) is 11.4 Å². The van der Waals surface area contributed by atoms with Gasteiger partial charge in [-0.2, -0.15) is 0 Å². The SMILES string of the molecule is Cl.NC1CCC(C(=O)NCCCNC(=O)c2cccs2)C1. The van der Waals surface area contributed by atoms with Crippen molar-refractivity contribution >= 4 is 35.6 Å². The second kappa shape index (κ2) is 9.02. The zero-order valence-electron chi connectivity index (χ0n) is 11.8. The summed E-state index contributed by atoms with van der Waals surface area (Å²) in [6.07, 6.45) is 3.36. The van der Waals surface area contributed by atoms with Gasteiger partial charge in [-0.3, -0.25) is 9.59 Å². The molecule has 0 spiro atoms. The van der Waals surface area contributed by atoms with Crippen LogP contribution in [0.25, 0.3) is 0 Å². The lowest BCUT2D eigenvalue weighted by Gasteiger charge is -2.10. The molecule has 118 valence electrons. The molecule has 5 nitrogen and oxygen atoms in total. The second-order valence-corrected chi connectivity index (χ2v) is 6.10. The van der Waals surface area contributed by atoms with Gasteiger partial charge in [-0.1, -0.05) is 6.07 Å². The first-order valence-corrected chi connectivity index (χ1v) is 7.90. The van der Waals surface area contributed by atoms with E-state index in [1.54, 1.807) is 6.07 Å². The summed E-state index contributed by atoms with van der Waals surface area (Å²) in [5.74, 6) is 0.126. The molecule has 0 saturated heterocycles. The van der Waals surface area contributed by atoms with Crippen LogP contribution in [0.3, 0.4) is 0 Å². The predicted molar refractivity (Wildman–Crippen MR) is 86.8 cm³/mol. The van der Waals surface area contributed by atoms with Crippen LogP contribution in [0.4, 0.5) is 0 Å². The van der Waals surface area contributed by atoms with Crippen molar-refractivity contribution in [1.82, 2.24) is 10.6 Å². The second-order valence-electron chi connectivity index (χ2n) is 5.15. The largest absolute Gasteiger partial charge is 0.356 e. The molecule has 2 amide bonds. The summed E-state index contributed by atoms with van der Waals surface area (Å²) in [4.78, 5) is 24.2. The van der Waals surface area contributed by atoms with Crippen molar-refractivity contribution in [2.75, 3.05) is 13.1 Å². The molecule has 1 heterocycles. The fourth-order valence-corrected chi connectivity index (χ4v) is 3.04. The Morgan fingerprint density at radius 2 is 2.05 bits per heavy atom. The quantitative estimate of drug-likeness (QED) is 0.691. The van der Waals surface area contributed by atoms with E-state index in [9.17, 15) is 9.59 Å². The minimum atomic E-state index is -0.0481. The van der Waals surface area contributed by atoms with Crippen molar-refractivity contribution in [2.45, 2.75) is 31.7 Å². The van der Waals surface area contributed by atoms with Gasteiger partial charge in [0.2, 0.25) is 5.91 Å². The Morgan fingerprint density at radius 1 is 1.29 bits per heavy atom. The van der Waals surface area contributed by atoms with Gasteiger partial charge in [0.25, 0.3) is 5.91 Å². The molecule has 2 atom stereocenters. The van der Waals surface area contributed by atoms with E-state index in [2.05, 4.69) is 10.6 Å². The molecular weight excluding hydrogens is 310 g/mol. The summed E-state index contributed by atoms with van der Waals surface area (Å²) >= 11 is 1.42. The third-order valence-corrected chi connectivity index (χ3v) is 4.40. The molecule has 0 aliphatic heterocycles. The Kier molecular flexibility index (Phi) is 7.71. The third kappa shape index (κ3) is 5.65. The van der Waals surface area contributed by atoms with Crippen molar-refractivity contribution in [2.24, 2.45) is 11.7 Å². The van der Waals surface area contributed by atoms with Gasteiger partial charge in [-0.15, -0.1) is 23.7 Å². The molecule has 2 rings (SSSR count). The number of amides is 2. The van der Waals surface area contributed by atoms with Crippen LogP contribution in [-0.2, 0) is 4.79 Å². The molecule has 1 aromatic rings. The average molecular weight is 332 g/mol. The molecule has 2 unspecified atom stereocenters. The first-order chi connectivity index (χ1) is 9.66. The standard InChI is InChI=1S/C14H21N3O2S.ClH/c15-11-5-4-10(9-11)13(18)16-6-2-7-17-14(19)12-3-1-8-20-12;/h1,3,8,10-11H,2,4-7,9,15H2,(H,16,18)(H,17,19);1H. The summed E-state index contributed by atoms with van der Waals surface area (Å²) < 4.78 is 0. The van der Waals surface area contributed by atoms with Gasteiger partial charge in [0.05, 0.1) is 4.88 Å². The Labute approximate surface area is 135 Å².